The second kappa shape index (κ2) is 4.17. The van der Waals surface area contributed by atoms with Gasteiger partial charge in [-0.1, -0.05) is 0 Å². The quantitative estimate of drug-likeness (QED) is 0.877. The average Bonchev–Trinajstić information content (AvgIpc) is 3.01. The molecule has 0 amide bonds. The topological polar surface area (TPSA) is 50.7 Å². The fourth-order valence-corrected chi connectivity index (χ4v) is 2.13. The second-order valence-corrected chi connectivity index (χ2v) is 4.72. The van der Waals surface area contributed by atoms with E-state index in [0.29, 0.717) is 6.04 Å². The van der Waals surface area contributed by atoms with Crippen LogP contribution in [0.25, 0.3) is 0 Å². The highest BCUT2D eigenvalue weighted by Crippen LogP contribution is 2.25. The van der Waals surface area contributed by atoms with Gasteiger partial charge in [-0.25, -0.2) is 4.98 Å². The number of hydrogen-bond acceptors (Lipinski definition) is 5. The van der Waals surface area contributed by atoms with E-state index in [1.54, 1.807) is 12.4 Å². The smallest absolute Gasteiger partial charge is 0.202 e. The number of hydrogen-bond donors (Lipinski definition) is 1. The normalized spacial score (nSPS) is 15.0. The Kier molecular flexibility index (Phi) is 2.53. The SMILES string of the molecule is c1cc(Cc2nsc(NC3CC3)n2)ccn1. The number of aromatic nitrogens is 3. The minimum absolute atomic E-state index is 0.640. The molecule has 0 bridgehead atoms. The number of nitrogens with zero attached hydrogens (tertiary/aromatic N) is 3. The minimum Gasteiger partial charge on any atom is -0.358 e. The van der Waals surface area contributed by atoms with Gasteiger partial charge in [0.05, 0.1) is 0 Å². The lowest BCUT2D eigenvalue weighted by molar-refractivity contribution is 1.02. The summed E-state index contributed by atoms with van der Waals surface area (Å²) < 4.78 is 4.34. The van der Waals surface area contributed by atoms with Crippen LogP contribution in [0.3, 0.4) is 0 Å². The maximum atomic E-state index is 4.46. The van der Waals surface area contributed by atoms with Crippen molar-refractivity contribution in [2.75, 3.05) is 5.32 Å². The Labute approximate surface area is 97.9 Å². The maximum Gasteiger partial charge on any atom is 0.202 e. The standard InChI is InChI=1S/C11H12N4S/c1-2-9(1)13-11-14-10(15-16-11)7-8-3-5-12-6-4-8/h3-6,9H,1-2,7H2,(H,13,14,15). The van der Waals surface area contributed by atoms with Gasteiger partial charge < -0.3 is 5.32 Å². The summed E-state index contributed by atoms with van der Waals surface area (Å²) in [6.07, 6.45) is 6.90. The summed E-state index contributed by atoms with van der Waals surface area (Å²) in [5, 5.41) is 4.31. The molecule has 4 nitrogen and oxygen atoms in total. The van der Waals surface area contributed by atoms with Crippen LogP contribution in [0.15, 0.2) is 24.5 Å². The van der Waals surface area contributed by atoms with E-state index in [-0.39, 0.29) is 0 Å². The molecule has 1 aliphatic rings. The number of nitrogens with one attached hydrogen (secondary N) is 1. The predicted molar refractivity (Wildman–Crippen MR) is 63.6 cm³/mol. The third-order valence-corrected chi connectivity index (χ3v) is 3.17. The zero-order chi connectivity index (χ0) is 10.8. The first-order valence-corrected chi connectivity index (χ1v) is 6.15. The Hall–Kier alpha value is -1.49. The molecular weight excluding hydrogens is 220 g/mol. The van der Waals surface area contributed by atoms with Crippen molar-refractivity contribution in [3.8, 4) is 0 Å². The Morgan fingerprint density at radius 2 is 2.12 bits per heavy atom. The zero-order valence-electron chi connectivity index (χ0n) is 8.76. The van der Waals surface area contributed by atoms with E-state index in [1.165, 1.54) is 29.9 Å². The van der Waals surface area contributed by atoms with Crippen LogP contribution in [0.2, 0.25) is 0 Å². The number of pyridine rings is 1. The van der Waals surface area contributed by atoms with Crippen LogP contribution in [-0.2, 0) is 6.42 Å². The van der Waals surface area contributed by atoms with Gasteiger partial charge >= 0.3 is 0 Å². The van der Waals surface area contributed by atoms with Crippen molar-refractivity contribution in [3.05, 3.63) is 35.9 Å². The van der Waals surface area contributed by atoms with Crippen molar-refractivity contribution in [1.29, 1.82) is 0 Å². The van der Waals surface area contributed by atoms with E-state index in [1.807, 2.05) is 12.1 Å². The Bertz CT molecular complexity index is 464. The first kappa shape index (κ1) is 9.72. The fourth-order valence-electron chi connectivity index (χ4n) is 1.47. The van der Waals surface area contributed by atoms with Crippen molar-refractivity contribution < 1.29 is 0 Å². The Balaban J connectivity index is 1.67. The average molecular weight is 232 g/mol. The second-order valence-electron chi connectivity index (χ2n) is 3.97. The van der Waals surface area contributed by atoms with Gasteiger partial charge in [-0.3, -0.25) is 4.98 Å². The summed E-state index contributed by atoms with van der Waals surface area (Å²) >= 11 is 1.45. The van der Waals surface area contributed by atoms with Crippen LogP contribution in [0.5, 0.6) is 0 Å². The van der Waals surface area contributed by atoms with Crippen molar-refractivity contribution in [2.45, 2.75) is 25.3 Å². The fraction of sp³-hybridized carbons (Fsp3) is 0.364. The lowest BCUT2D eigenvalue weighted by atomic mass is 10.2. The molecule has 0 aliphatic heterocycles. The van der Waals surface area contributed by atoms with Crippen LogP contribution in [0, 0.1) is 0 Å². The molecule has 82 valence electrons. The molecule has 0 unspecified atom stereocenters. The third kappa shape index (κ3) is 2.36. The molecular formula is C11H12N4S. The van der Waals surface area contributed by atoms with E-state index < -0.39 is 0 Å². The molecule has 0 saturated heterocycles. The van der Waals surface area contributed by atoms with Crippen molar-refractivity contribution in [1.82, 2.24) is 14.3 Å². The Morgan fingerprint density at radius 1 is 1.31 bits per heavy atom. The lowest BCUT2D eigenvalue weighted by Crippen LogP contribution is -2.00. The van der Waals surface area contributed by atoms with Crippen LogP contribution >= 0.6 is 11.5 Å². The molecule has 0 radical (unpaired) electrons. The summed E-state index contributed by atoms with van der Waals surface area (Å²) in [5.41, 5.74) is 1.20. The van der Waals surface area contributed by atoms with E-state index in [0.717, 1.165) is 17.4 Å². The summed E-state index contributed by atoms with van der Waals surface area (Å²) in [4.78, 5) is 8.45. The van der Waals surface area contributed by atoms with Gasteiger partial charge in [0.2, 0.25) is 5.13 Å². The van der Waals surface area contributed by atoms with E-state index >= 15 is 0 Å². The van der Waals surface area contributed by atoms with E-state index in [9.17, 15) is 0 Å². The third-order valence-electron chi connectivity index (χ3n) is 2.48. The van der Waals surface area contributed by atoms with Crippen LogP contribution in [-0.4, -0.2) is 20.4 Å². The van der Waals surface area contributed by atoms with Crippen LogP contribution in [0.1, 0.15) is 24.2 Å². The molecule has 1 saturated carbocycles. The lowest BCUT2D eigenvalue weighted by Gasteiger charge is -1.96. The molecule has 1 fully saturated rings. The van der Waals surface area contributed by atoms with Gasteiger partial charge in [-0.05, 0) is 30.5 Å². The largest absolute Gasteiger partial charge is 0.358 e. The van der Waals surface area contributed by atoms with E-state index in [2.05, 4.69) is 19.7 Å². The molecule has 3 rings (SSSR count). The number of anilines is 1. The number of rotatable bonds is 4. The molecule has 5 heteroatoms. The van der Waals surface area contributed by atoms with Gasteiger partial charge in [0.1, 0.15) is 5.82 Å². The predicted octanol–water partition coefficient (Wildman–Crippen LogP) is 2.10. The highest BCUT2D eigenvalue weighted by atomic mass is 32.1. The molecule has 0 spiro atoms. The van der Waals surface area contributed by atoms with Gasteiger partial charge in [-0.15, -0.1) is 0 Å². The molecule has 1 N–H and O–H groups in total. The maximum absolute atomic E-state index is 4.46. The zero-order valence-corrected chi connectivity index (χ0v) is 9.57. The van der Waals surface area contributed by atoms with Gasteiger partial charge in [-0.2, -0.15) is 4.37 Å². The Morgan fingerprint density at radius 3 is 2.88 bits per heavy atom. The summed E-state index contributed by atoms with van der Waals surface area (Å²) in [6.45, 7) is 0. The highest BCUT2D eigenvalue weighted by molar-refractivity contribution is 7.09. The monoisotopic (exact) mass is 232 g/mol. The summed E-state index contributed by atoms with van der Waals surface area (Å²) in [6, 6.07) is 4.63. The summed E-state index contributed by atoms with van der Waals surface area (Å²) in [5.74, 6) is 0.888. The molecule has 2 aromatic heterocycles. The van der Waals surface area contributed by atoms with Crippen LogP contribution < -0.4 is 5.32 Å². The van der Waals surface area contributed by atoms with Gasteiger partial charge in [0.25, 0.3) is 0 Å². The molecule has 2 aromatic rings. The van der Waals surface area contributed by atoms with Crippen molar-refractivity contribution in [3.63, 3.8) is 0 Å². The van der Waals surface area contributed by atoms with Gasteiger partial charge in [0.15, 0.2) is 0 Å². The molecule has 0 aromatic carbocycles. The van der Waals surface area contributed by atoms with Crippen molar-refractivity contribution >= 4 is 16.7 Å². The first-order valence-electron chi connectivity index (χ1n) is 5.38. The van der Waals surface area contributed by atoms with E-state index in [4.69, 9.17) is 0 Å². The molecule has 1 aliphatic carbocycles. The molecule has 0 atom stereocenters. The molecule has 16 heavy (non-hydrogen) atoms. The first-order chi connectivity index (χ1) is 7.90. The molecule has 2 heterocycles. The minimum atomic E-state index is 0.640. The highest BCUT2D eigenvalue weighted by Gasteiger charge is 2.22. The van der Waals surface area contributed by atoms with Crippen LogP contribution in [0.4, 0.5) is 5.13 Å². The van der Waals surface area contributed by atoms with Gasteiger partial charge in [0, 0.05) is 36.4 Å². The summed E-state index contributed by atoms with van der Waals surface area (Å²) in [7, 11) is 0. The van der Waals surface area contributed by atoms with Crippen molar-refractivity contribution in [2.24, 2.45) is 0 Å².